The lowest BCUT2D eigenvalue weighted by Gasteiger charge is -2.17. The number of nitrogens with one attached hydrogen (secondary N) is 2. The number of amides is 2. The highest BCUT2D eigenvalue weighted by Crippen LogP contribution is 2.28. The molecule has 1 aromatic heterocycles. The minimum atomic E-state index is -0.0675. The van der Waals surface area contributed by atoms with Crippen LogP contribution in [0.4, 0.5) is 11.4 Å². The van der Waals surface area contributed by atoms with E-state index in [-0.39, 0.29) is 11.8 Å². The average molecular weight is 431 g/mol. The first-order chi connectivity index (χ1) is 15.6. The standard InChI is InChI=1S/C25H25N3O4/c1-17-14-19(7-10-23(17)32-21-4-2-12-26-16-21)27-24(29)5-3-13-31-20-8-9-22-18(15-20)6-11-25(30)28-22/h2,4,7-10,12,14-16H,3,5-6,11,13H2,1H3,(H,27,29)(H,28,30). The van der Waals surface area contributed by atoms with Crippen LogP contribution in [0.1, 0.15) is 30.4 Å². The van der Waals surface area contributed by atoms with Crippen molar-refractivity contribution in [2.75, 3.05) is 17.2 Å². The van der Waals surface area contributed by atoms with Gasteiger partial charge in [0.25, 0.3) is 0 Å². The lowest BCUT2D eigenvalue weighted by atomic mass is 10.0. The van der Waals surface area contributed by atoms with E-state index in [1.54, 1.807) is 12.4 Å². The minimum Gasteiger partial charge on any atom is -0.494 e. The smallest absolute Gasteiger partial charge is 0.224 e. The van der Waals surface area contributed by atoms with Gasteiger partial charge < -0.3 is 20.1 Å². The number of nitrogens with zero attached hydrogens (tertiary/aromatic N) is 1. The normalized spacial score (nSPS) is 12.5. The molecule has 2 amide bonds. The Labute approximate surface area is 186 Å². The number of aromatic nitrogens is 1. The first-order valence-corrected chi connectivity index (χ1v) is 10.6. The van der Waals surface area contributed by atoms with E-state index < -0.39 is 0 Å². The fourth-order valence-electron chi connectivity index (χ4n) is 3.47. The molecule has 3 aromatic rings. The molecule has 0 fully saturated rings. The van der Waals surface area contributed by atoms with Gasteiger partial charge in [-0.25, -0.2) is 0 Å². The highest BCUT2D eigenvalue weighted by Gasteiger charge is 2.15. The van der Waals surface area contributed by atoms with Gasteiger partial charge in [0.1, 0.15) is 17.2 Å². The first kappa shape index (κ1) is 21.4. The molecule has 4 rings (SSSR count). The van der Waals surface area contributed by atoms with E-state index in [4.69, 9.17) is 9.47 Å². The molecule has 0 saturated carbocycles. The molecule has 1 aliphatic rings. The molecule has 7 heteroatoms. The van der Waals surface area contributed by atoms with Crippen molar-refractivity contribution >= 4 is 23.2 Å². The van der Waals surface area contributed by atoms with Gasteiger partial charge >= 0.3 is 0 Å². The van der Waals surface area contributed by atoms with E-state index in [1.807, 2.05) is 55.5 Å². The fraction of sp³-hybridized carbons (Fsp3) is 0.240. The quantitative estimate of drug-likeness (QED) is 0.497. The van der Waals surface area contributed by atoms with Crippen molar-refractivity contribution in [3.8, 4) is 17.2 Å². The number of carbonyl (C=O) groups is 2. The average Bonchev–Trinajstić information content (AvgIpc) is 2.79. The molecule has 1 aliphatic heterocycles. The van der Waals surface area contributed by atoms with Crippen LogP contribution >= 0.6 is 0 Å². The molecule has 0 spiro atoms. The van der Waals surface area contributed by atoms with Gasteiger partial charge in [-0.1, -0.05) is 0 Å². The highest BCUT2D eigenvalue weighted by atomic mass is 16.5. The topological polar surface area (TPSA) is 89.5 Å². The maximum Gasteiger partial charge on any atom is 0.224 e. The third kappa shape index (κ3) is 5.63. The maximum atomic E-state index is 12.3. The molecule has 164 valence electrons. The lowest BCUT2D eigenvalue weighted by Crippen LogP contribution is -2.18. The third-order valence-electron chi connectivity index (χ3n) is 5.11. The number of hydrogen-bond acceptors (Lipinski definition) is 5. The van der Waals surface area contributed by atoms with Gasteiger partial charge in [-0.05, 0) is 79.4 Å². The van der Waals surface area contributed by atoms with Crippen molar-refractivity contribution in [1.29, 1.82) is 0 Å². The van der Waals surface area contributed by atoms with E-state index >= 15 is 0 Å². The summed E-state index contributed by atoms with van der Waals surface area (Å²) in [6.45, 7) is 2.37. The number of rotatable bonds is 8. The fourth-order valence-corrected chi connectivity index (χ4v) is 3.47. The number of fused-ring (bicyclic) bond motifs is 1. The molecular weight excluding hydrogens is 406 g/mol. The number of carbonyl (C=O) groups excluding carboxylic acids is 2. The molecule has 32 heavy (non-hydrogen) atoms. The Balaban J connectivity index is 1.22. The molecule has 2 aromatic carbocycles. The van der Waals surface area contributed by atoms with E-state index in [0.29, 0.717) is 43.8 Å². The van der Waals surface area contributed by atoms with Crippen LogP contribution in [0.15, 0.2) is 60.9 Å². The van der Waals surface area contributed by atoms with Gasteiger partial charge in [-0.15, -0.1) is 0 Å². The number of pyridine rings is 1. The van der Waals surface area contributed by atoms with Gasteiger partial charge in [0.05, 0.1) is 12.8 Å². The number of ether oxygens (including phenoxy) is 2. The van der Waals surface area contributed by atoms with Crippen molar-refractivity contribution in [3.05, 3.63) is 72.1 Å². The summed E-state index contributed by atoms with van der Waals surface area (Å²) in [6, 6.07) is 14.8. The Morgan fingerprint density at radius 3 is 2.84 bits per heavy atom. The molecule has 0 bridgehead atoms. The summed E-state index contributed by atoms with van der Waals surface area (Å²) in [5.41, 5.74) is 3.56. The van der Waals surface area contributed by atoms with E-state index in [9.17, 15) is 9.59 Å². The van der Waals surface area contributed by atoms with Gasteiger partial charge in [-0.2, -0.15) is 0 Å². The van der Waals surface area contributed by atoms with Crippen LogP contribution in [-0.4, -0.2) is 23.4 Å². The summed E-state index contributed by atoms with van der Waals surface area (Å²) in [7, 11) is 0. The van der Waals surface area contributed by atoms with Crippen LogP contribution in [0.25, 0.3) is 0 Å². The summed E-state index contributed by atoms with van der Waals surface area (Å²) in [4.78, 5) is 27.8. The van der Waals surface area contributed by atoms with Crippen LogP contribution in [0.2, 0.25) is 0 Å². The second-order valence-electron chi connectivity index (χ2n) is 7.64. The zero-order valence-electron chi connectivity index (χ0n) is 17.9. The first-order valence-electron chi connectivity index (χ1n) is 10.6. The lowest BCUT2D eigenvalue weighted by molar-refractivity contribution is -0.117. The Kier molecular flexibility index (Phi) is 6.65. The van der Waals surface area contributed by atoms with Crippen LogP contribution in [0.3, 0.4) is 0 Å². The van der Waals surface area contributed by atoms with Gasteiger partial charge in [0.15, 0.2) is 0 Å². The Bertz CT molecular complexity index is 1120. The van der Waals surface area contributed by atoms with Crippen molar-refractivity contribution in [3.63, 3.8) is 0 Å². The number of hydrogen-bond donors (Lipinski definition) is 2. The number of benzene rings is 2. The summed E-state index contributed by atoms with van der Waals surface area (Å²) in [6.07, 6.45) is 5.50. The second kappa shape index (κ2) is 9.96. The van der Waals surface area contributed by atoms with Gasteiger partial charge in [0.2, 0.25) is 11.8 Å². The maximum absolute atomic E-state index is 12.3. The van der Waals surface area contributed by atoms with Crippen molar-refractivity contribution in [2.24, 2.45) is 0 Å². The molecular formula is C25H25N3O4. The predicted octanol–water partition coefficient (Wildman–Crippen LogP) is 4.86. The van der Waals surface area contributed by atoms with Crippen molar-refractivity contribution in [2.45, 2.75) is 32.6 Å². The van der Waals surface area contributed by atoms with Crippen LogP contribution in [-0.2, 0) is 16.0 Å². The Morgan fingerprint density at radius 2 is 2.03 bits per heavy atom. The zero-order valence-corrected chi connectivity index (χ0v) is 17.9. The number of aryl methyl sites for hydroxylation is 2. The van der Waals surface area contributed by atoms with Crippen LogP contribution in [0.5, 0.6) is 17.2 Å². The molecule has 0 aliphatic carbocycles. The molecule has 2 heterocycles. The van der Waals surface area contributed by atoms with E-state index in [2.05, 4.69) is 15.6 Å². The molecule has 0 saturated heterocycles. The largest absolute Gasteiger partial charge is 0.494 e. The van der Waals surface area contributed by atoms with Crippen LogP contribution < -0.4 is 20.1 Å². The summed E-state index contributed by atoms with van der Waals surface area (Å²) in [5.74, 6) is 2.11. The molecule has 7 nitrogen and oxygen atoms in total. The minimum absolute atomic E-state index is 0.0445. The third-order valence-corrected chi connectivity index (χ3v) is 5.11. The second-order valence-corrected chi connectivity index (χ2v) is 7.64. The summed E-state index contributed by atoms with van der Waals surface area (Å²) >= 11 is 0. The molecule has 0 radical (unpaired) electrons. The zero-order chi connectivity index (χ0) is 22.3. The van der Waals surface area contributed by atoms with Crippen LogP contribution in [0, 0.1) is 6.92 Å². The molecule has 0 atom stereocenters. The summed E-state index contributed by atoms with van der Waals surface area (Å²) < 4.78 is 11.6. The Hall–Kier alpha value is -3.87. The van der Waals surface area contributed by atoms with E-state index in [0.717, 1.165) is 28.3 Å². The Morgan fingerprint density at radius 1 is 1.12 bits per heavy atom. The molecule has 0 unspecified atom stereocenters. The SMILES string of the molecule is Cc1cc(NC(=O)CCCOc2ccc3c(c2)CCC(=O)N3)ccc1Oc1cccnc1. The predicted molar refractivity (Wildman–Crippen MR) is 122 cm³/mol. The van der Waals surface area contributed by atoms with Crippen molar-refractivity contribution in [1.82, 2.24) is 4.98 Å². The molecule has 2 N–H and O–H groups in total. The van der Waals surface area contributed by atoms with Crippen molar-refractivity contribution < 1.29 is 19.1 Å². The van der Waals surface area contributed by atoms with Gasteiger partial charge in [-0.3, -0.25) is 14.6 Å². The number of anilines is 2. The van der Waals surface area contributed by atoms with Gasteiger partial charge in [0, 0.05) is 30.4 Å². The highest BCUT2D eigenvalue weighted by molar-refractivity contribution is 5.94. The summed E-state index contributed by atoms with van der Waals surface area (Å²) in [5, 5.41) is 5.77. The van der Waals surface area contributed by atoms with E-state index in [1.165, 1.54) is 0 Å². The monoisotopic (exact) mass is 431 g/mol.